The molecule has 1 saturated heterocycles. The third-order valence-corrected chi connectivity index (χ3v) is 3.30. The molecule has 1 fully saturated rings. The third-order valence-electron chi connectivity index (χ3n) is 3.30. The second kappa shape index (κ2) is 5.40. The summed E-state index contributed by atoms with van der Waals surface area (Å²) in [6.45, 7) is 1.84. The number of hydrogen-bond acceptors (Lipinski definition) is 3. The predicted molar refractivity (Wildman–Crippen MR) is 68.5 cm³/mol. The molecule has 1 aliphatic carbocycles. The molecule has 2 aliphatic rings. The topological polar surface area (TPSA) is 68.5 Å². The van der Waals surface area contributed by atoms with Gasteiger partial charge >= 0.3 is 0 Å². The average molecular weight is 249 g/mol. The smallest absolute Gasteiger partial charge is 0.242 e. The molecule has 2 atom stereocenters. The zero-order valence-electron chi connectivity index (χ0n) is 10.8. The highest BCUT2D eigenvalue weighted by Gasteiger charge is 2.26. The predicted octanol–water partition coefficient (Wildman–Crippen LogP) is 1.57. The molecule has 4 nitrogen and oxygen atoms in total. The van der Waals surface area contributed by atoms with Gasteiger partial charge in [-0.1, -0.05) is 6.07 Å². The lowest BCUT2D eigenvalue weighted by atomic mass is 9.89. The van der Waals surface area contributed by atoms with E-state index in [9.17, 15) is 9.90 Å². The summed E-state index contributed by atoms with van der Waals surface area (Å²) in [5.74, 6) is 1.00. The Labute approximate surface area is 107 Å². The second-order valence-corrected chi connectivity index (χ2v) is 4.70. The minimum Gasteiger partial charge on any atom is -0.497 e. The van der Waals surface area contributed by atoms with Crippen molar-refractivity contribution in [3.8, 4) is 5.75 Å². The van der Waals surface area contributed by atoms with E-state index >= 15 is 0 Å². The van der Waals surface area contributed by atoms with E-state index in [0.29, 0.717) is 0 Å². The molecule has 1 amide bonds. The summed E-state index contributed by atoms with van der Waals surface area (Å²) in [5, 5.41) is 12.3. The van der Waals surface area contributed by atoms with E-state index in [1.807, 2.05) is 19.1 Å². The Morgan fingerprint density at radius 1 is 1.44 bits per heavy atom. The fourth-order valence-corrected chi connectivity index (χ4v) is 2.05. The molecular weight excluding hydrogens is 230 g/mol. The van der Waals surface area contributed by atoms with Crippen LogP contribution in [0.5, 0.6) is 5.75 Å². The molecule has 0 spiro atoms. The van der Waals surface area contributed by atoms with Gasteiger partial charge in [0.15, 0.2) is 0 Å². The Kier molecular flexibility index (Phi) is 3.87. The van der Waals surface area contributed by atoms with Crippen LogP contribution in [0.1, 0.15) is 37.0 Å². The first-order valence-electron chi connectivity index (χ1n) is 6.27. The Bertz CT molecular complexity index is 445. The largest absolute Gasteiger partial charge is 0.497 e. The van der Waals surface area contributed by atoms with Gasteiger partial charge in [-0.15, -0.1) is 0 Å². The first kappa shape index (κ1) is 12.9. The monoisotopic (exact) mass is 249 g/mol. The lowest BCUT2D eigenvalue weighted by Crippen LogP contribution is -2.08. The van der Waals surface area contributed by atoms with Crippen molar-refractivity contribution < 1.29 is 14.6 Å². The van der Waals surface area contributed by atoms with Gasteiger partial charge in [0.1, 0.15) is 11.8 Å². The molecule has 2 N–H and O–H groups in total. The molecule has 0 saturated carbocycles. The molecule has 1 aromatic carbocycles. The number of hydrogen-bond donors (Lipinski definition) is 2. The van der Waals surface area contributed by atoms with Crippen LogP contribution in [-0.2, 0) is 11.2 Å². The molecule has 18 heavy (non-hydrogen) atoms. The minimum absolute atomic E-state index is 0.162. The minimum atomic E-state index is -0.293. The number of rotatable bonds is 1. The van der Waals surface area contributed by atoms with E-state index < -0.39 is 0 Å². The fraction of sp³-hybridized carbons (Fsp3) is 0.500. The van der Waals surface area contributed by atoms with Crippen LogP contribution in [0.4, 0.5) is 0 Å². The van der Waals surface area contributed by atoms with Crippen LogP contribution in [0, 0.1) is 0 Å². The SMILES string of the molecule is CC1NC1=O.COc1ccc2c(c1)C(O)CCC2. The highest BCUT2D eigenvalue weighted by molar-refractivity contribution is 5.95. The van der Waals surface area contributed by atoms with E-state index in [0.717, 1.165) is 30.6 Å². The maximum atomic E-state index is 9.78. The van der Waals surface area contributed by atoms with Crippen LogP contribution >= 0.6 is 0 Å². The summed E-state index contributed by atoms with van der Waals surface area (Å²) in [6.07, 6.45) is 2.75. The summed E-state index contributed by atoms with van der Waals surface area (Å²) >= 11 is 0. The number of amides is 1. The van der Waals surface area contributed by atoms with E-state index in [1.165, 1.54) is 5.56 Å². The zero-order valence-corrected chi connectivity index (χ0v) is 10.8. The standard InChI is InChI=1S/C11H14O2.C3H5NO/c1-13-9-6-5-8-3-2-4-11(12)10(8)7-9;1-2-3(5)4-2/h5-7,11-12H,2-4H2,1H3;2H,1H3,(H,4,5). The second-order valence-electron chi connectivity index (χ2n) is 4.70. The van der Waals surface area contributed by atoms with Gasteiger partial charge in [0.2, 0.25) is 5.91 Å². The summed E-state index contributed by atoms with van der Waals surface area (Å²) < 4.78 is 5.12. The number of methoxy groups -OCH3 is 1. The Balaban J connectivity index is 0.000000202. The van der Waals surface area contributed by atoms with E-state index in [2.05, 4.69) is 11.4 Å². The van der Waals surface area contributed by atoms with Gasteiger partial charge < -0.3 is 15.2 Å². The molecule has 4 heteroatoms. The van der Waals surface area contributed by atoms with Crippen LogP contribution in [0.3, 0.4) is 0 Å². The normalized spacial score (nSPS) is 24.3. The van der Waals surface area contributed by atoms with Crippen molar-refractivity contribution >= 4 is 5.91 Å². The molecule has 3 rings (SSSR count). The number of carbonyl (C=O) groups is 1. The molecule has 0 radical (unpaired) electrons. The number of carbonyl (C=O) groups excluding carboxylic acids is 1. The summed E-state index contributed by atoms with van der Waals surface area (Å²) in [6, 6.07) is 6.11. The van der Waals surface area contributed by atoms with Crippen molar-refractivity contribution in [2.45, 2.75) is 38.3 Å². The zero-order chi connectivity index (χ0) is 13.1. The van der Waals surface area contributed by atoms with Crippen molar-refractivity contribution in [1.82, 2.24) is 5.32 Å². The third kappa shape index (κ3) is 3.01. The summed E-state index contributed by atoms with van der Waals surface area (Å²) in [7, 11) is 1.65. The quantitative estimate of drug-likeness (QED) is 0.742. The van der Waals surface area contributed by atoms with Crippen LogP contribution in [0.15, 0.2) is 18.2 Å². The molecule has 0 aromatic heterocycles. The van der Waals surface area contributed by atoms with Gasteiger partial charge in [-0.05, 0) is 49.4 Å². The van der Waals surface area contributed by atoms with Crippen LogP contribution in [0.2, 0.25) is 0 Å². The van der Waals surface area contributed by atoms with Crippen molar-refractivity contribution in [3.63, 3.8) is 0 Å². The molecule has 98 valence electrons. The number of benzene rings is 1. The Morgan fingerprint density at radius 3 is 2.67 bits per heavy atom. The Hall–Kier alpha value is -1.55. The number of aliphatic hydroxyl groups is 1. The molecular formula is C14H19NO3. The first-order chi connectivity index (χ1) is 8.61. The molecule has 1 aromatic rings. The van der Waals surface area contributed by atoms with Gasteiger partial charge in [0, 0.05) is 0 Å². The molecule has 2 unspecified atom stereocenters. The van der Waals surface area contributed by atoms with E-state index in [4.69, 9.17) is 4.74 Å². The van der Waals surface area contributed by atoms with Gasteiger partial charge in [-0.2, -0.15) is 0 Å². The number of fused-ring (bicyclic) bond motifs is 1. The van der Waals surface area contributed by atoms with Crippen molar-refractivity contribution in [1.29, 1.82) is 0 Å². The number of nitrogens with one attached hydrogen (secondary N) is 1. The summed E-state index contributed by atoms with van der Waals surface area (Å²) in [5.41, 5.74) is 2.31. The lowest BCUT2D eigenvalue weighted by molar-refractivity contribution is -0.110. The highest BCUT2D eigenvalue weighted by atomic mass is 16.5. The van der Waals surface area contributed by atoms with Crippen molar-refractivity contribution in [3.05, 3.63) is 29.3 Å². The average Bonchev–Trinajstić information content (AvgIpc) is 3.03. The van der Waals surface area contributed by atoms with Crippen molar-refractivity contribution in [2.24, 2.45) is 0 Å². The molecule has 1 aliphatic heterocycles. The van der Waals surface area contributed by atoms with E-state index in [1.54, 1.807) is 7.11 Å². The molecule has 0 bridgehead atoms. The maximum absolute atomic E-state index is 9.78. The maximum Gasteiger partial charge on any atom is 0.242 e. The van der Waals surface area contributed by atoms with Gasteiger partial charge in [0.25, 0.3) is 0 Å². The van der Waals surface area contributed by atoms with Gasteiger partial charge in [0.05, 0.1) is 13.2 Å². The van der Waals surface area contributed by atoms with Crippen LogP contribution < -0.4 is 10.1 Å². The summed E-state index contributed by atoms with van der Waals surface area (Å²) in [4.78, 5) is 9.78. The number of aliphatic hydroxyl groups excluding tert-OH is 1. The van der Waals surface area contributed by atoms with Gasteiger partial charge in [-0.25, -0.2) is 0 Å². The van der Waals surface area contributed by atoms with Crippen LogP contribution in [-0.4, -0.2) is 24.2 Å². The number of aryl methyl sites for hydroxylation is 1. The van der Waals surface area contributed by atoms with Crippen LogP contribution in [0.25, 0.3) is 0 Å². The lowest BCUT2D eigenvalue weighted by Gasteiger charge is -2.21. The molecule has 1 heterocycles. The highest BCUT2D eigenvalue weighted by Crippen LogP contribution is 2.31. The fourth-order valence-electron chi connectivity index (χ4n) is 2.05. The van der Waals surface area contributed by atoms with Crippen molar-refractivity contribution in [2.75, 3.05) is 7.11 Å². The Morgan fingerprint density at radius 2 is 2.11 bits per heavy atom. The number of ether oxygens (including phenoxy) is 1. The van der Waals surface area contributed by atoms with E-state index in [-0.39, 0.29) is 18.1 Å². The van der Waals surface area contributed by atoms with Gasteiger partial charge in [-0.3, -0.25) is 4.79 Å². The first-order valence-corrected chi connectivity index (χ1v) is 6.27.